The Labute approximate surface area is 130 Å². The first kappa shape index (κ1) is 13.1. The smallest absolute Gasteiger partial charge is 0.302 e. The summed E-state index contributed by atoms with van der Waals surface area (Å²) >= 11 is 1.52. The number of fused-ring (bicyclic) bond motifs is 2. The summed E-state index contributed by atoms with van der Waals surface area (Å²) in [6.45, 7) is 2.12. The normalized spacial score (nSPS) is 11.3. The molecule has 0 aliphatic carbocycles. The van der Waals surface area contributed by atoms with Crippen molar-refractivity contribution >= 4 is 49.5 Å². The van der Waals surface area contributed by atoms with Crippen LogP contribution in [0.25, 0.3) is 21.3 Å². The summed E-state index contributed by atoms with van der Waals surface area (Å²) in [6, 6.07) is 12.2. The number of nitrogens with one attached hydrogen (secondary N) is 1. The van der Waals surface area contributed by atoms with Gasteiger partial charge in [0.1, 0.15) is 5.52 Å². The number of aryl methyl sites for hydroxylation is 1. The van der Waals surface area contributed by atoms with Crippen molar-refractivity contribution in [2.75, 3.05) is 11.1 Å². The van der Waals surface area contributed by atoms with Gasteiger partial charge in [-0.3, -0.25) is 5.32 Å². The summed E-state index contributed by atoms with van der Waals surface area (Å²) in [5.41, 5.74) is 10.3. The SMILES string of the molecule is CCc1ccc2oc(Nc3nc4ccc(N)cc4s3)nc2c1. The van der Waals surface area contributed by atoms with Crippen molar-refractivity contribution in [3.8, 4) is 0 Å². The quantitative estimate of drug-likeness (QED) is 0.551. The molecule has 2 heterocycles. The second-order valence-corrected chi connectivity index (χ2v) is 6.08. The van der Waals surface area contributed by atoms with Gasteiger partial charge in [-0.05, 0) is 42.3 Å². The Morgan fingerprint density at radius 3 is 2.91 bits per heavy atom. The molecule has 0 radical (unpaired) electrons. The number of hydrogen-bond donors (Lipinski definition) is 2. The van der Waals surface area contributed by atoms with Crippen LogP contribution in [0.2, 0.25) is 0 Å². The van der Waals surface area contributed by atoms with Crippen LogP contribution in [0, 0.1) is 0 Å². The minimum atomic E-state index is 0.454. The zero-order chi connectivity index (χ0) is 15.1. The number of oxazole rings is 1. The minimum absolute atomic E-state index is 0.454. The van der Waals surface area contributed by atoms with E-state index in [0.29, 0.717) is 6.01 Å². The largest absolute Gasteiger partial charge is 0.423 e. The van der Waals surface area contributed by atoms with Gasteiger partial charge in [0.15, 0.2) is 10.7 Å². The van der Waals surface area contributed by atoms with E-state index in [4.69, 9.17) is 10.2 Å². The molecule has 0 amide bonds. The summed E-state index contributed by atoms with van der Waals surface area (Å²) in [6.07, 6.45) is 0.977. The van der Waals surface area contributed by atoms with Crippen molar-refractivity contribution in [1.29, 1.82) is 0 Å². The number of rotatable bonds is 3. The molecule has 0 aliphatic heterocycles. The number of thiazole rings is 1. The van der Waals surface area contributed by atoms with Crippen LogP contribution in [0.5, 0.6) is 0 Å². The van der Waals surface area contributed by atoms with Crippen LogP contribution in [0.4, 0.5) is 16.8 Å². The molecular formula is C16H14N4OS. The summed E-state index contributed by atoms with van der Waals surface area (Å²) < 4.78 is 6.75. The standard InChI is InChI=1S/C16H14N4OS/c1-2-9-3-6-13-12(7-9)18-15(21-13)20-16-19-11-5-4-10(17)8-14(11)22-16/h3-8H,2,17H2,1H3,(H,18,19,20). The Kier molecular flexibility index (Phi) is 2.97. The van der Waals surface area contributed by atoms with Gasteiger partial charge in [0.05, 0.1) is 10.2 Å². The van der Waals surface area contributed by atoms with Gasteiger partial charge in [-0.1, -0.05) is 24.3 Å². The third-order valence-electron chi connectivity index (χ3n) is 3.49. The monoisotopic (exact) mass is 310 g/mol. The van der Waals surface area contributed by atoms with Crippen molar-refractivity contribution in [3.05, 3.63) is 42.0 Å². The zero-order valence-corrected chi connectivity index (χ0v) is 12.8. The van der Waals surface area contributed by atoms with Crippen molar-refractivity contribution in [1.82, 2.24) is 9.97 Å². The molecule has 110 valence electrons. The number of anilines is 3. The Morgan fingerprint density at radius 1 is 1.14 bits per heavy atom. The summed E-state index contributed by atoms with van der Waals surface area (Å²) in [5, 5.41) is 3.87. The summed E-state index contributed by atoms with van der Waals surface area (Å²) in [7, 11) is 0. The number of nitrogen functional groups attached to an aromatic ring is 1. The molecule has 0 saturated heterocycles. The second kappa shape index (κ2) is 4.99. The van der Waals surface area contributed by atoms with E-state index in [1.165, 1.54) is 16.9 Å². The minimum Gasteiger partial charge on any atom is -0.423 e. The molecule has 6 heteroatoms. The van der Waals surface area contributed by atoms with Gasteiger partial charge < -0.3 is 10.2 Å². The van der Waals surface area contributed by atoms with Crippen LogP contribution in [-0.2, 0) is 6.42 Å². The highest BCUT2D eigenvalue weighted by Gasteiger charge is 2.10. The molecule has 2 aromatic carbocycles. The fraction of sp³-hybridized carbons (Fsp3) is 0.125. The molecule has 0 saturated carbocycles. The van der Waals surface area contributed by atoms with E-state index >= 15 is 0 Å². The van der Waals surface area contributed by atoms with Gasteiger partial charge in [-0.2, -0.15) is 4.98 Å². The number of nitrogens with two attached hydrogens (primary N) is 1. The van der Waals surface area contributed by atoms with Gasteiger partial charge in [0, 0.05) is 5.69 Å². The molecule has 0 spiro atoms. The molecular weight excluding hydrogens is 296 g/mol. The first-order valence-corrected chi connectivity index (χ1v) is 7.85. The molecule has 0 unspecified atom stereocenters. The maximum absolute atomic E-state index is 5.79. The van der Waals surface area contributed by atoms with Crippen molar-refractivity contribution in [2.24, 2.45) is 0 Å². The molecule has 0 aliphatic rings. The van der Waals surface area contributed by atoms with Crippen LogP contribution < -0.4 is 11.1 Å². The Bertz CT molecular complexity index is 973. The highest BCUT2D eigenvalue weighted by Crippen LogP contribution is 2.30. The molecule has 0 fully saturated rings. The van der Waals surface area contributed by atoms with Gasteiger partial charge in [-0.25, -0.2) is 4.98 Å². The van der Waals surface area contributed by atoms with E-state index in [9.17, 15) is 0 Å². The lowest BCUT2D eigenvalue weighted by molar-refractivity contribution is 0.623. The summed E-state index contributed by atoms with van der Waals surface area (Å²) in [5.74, 6) is 0. The van der Waals surface area contributed by atoms with Gasteiger partial charge in [-0.15, -0.1) is 0 Å². The first-order valence-electron chi connectivity index (χ1n) is 7.04. The molecule has 5 nitrogen and oxygen atoms in total. The van der Waals surface area contributed by atoms with Crippen LogP contribution in [0.15, 0.2) is 40.8 Å². The maximum atomic E-state index is 5.79. The van der Waals surface area contributed by atoms with E-state index in [-0.39, 0.29) is 0 Å². The van der Waals surface area contributed by atoms with Crippen LogP contribution in [0.3, 0.4) is 0 Å². The maximum Gasteiger partial charge on any atom is 0.302 e. The summed E-state index contributed by atoms with van der Waals surface area (Å²) in [4.78, 5) is 8.97. The molecule has 0 bridgehead atoms. The third-order valence-corrected chi connectivity index (χ3v) is 4.42. The molecule has 0 atom stereocenters. The van der Waals surface area contributed by atoms with E-state index in [1.807, 2.05) is 30.3 Å². The predicted molar refractivity (Wildman–Crippen MR) is 90.7 cm³/mol. The second-order valence-electron chi connectivity index (χ2n) is 5.05. The number of hydrogen-bond acceptors (Lipinski definition) is 6. The topological polar surface area (TPSA) is 77.0 Å². The van der Waals surface area contributed by atoms with Gasteiger partial charge >= 0.3 is 6.01 Å². The molecule has 4 aromatic rings. The van der Waals surface area contributed by atoms with Crippen molar-refractivity contribution in [2.45, 2.75) is 13.3 Å². The van der Waals surface area contributed by atoms with Crippen molar-refractivity contribution in [3.63, 3.8) is 0 Å². The molecule has 3 N–H and O–H groups in total. The fourth-order valence-corrected chi connectivity index (χ4v) is 3.24. The van der Waals surface area contributed by atoms with E-state index < -0.39 is 0 Å². The number of benzene rings is 2. The van der Waals surface area contributed by atoms with Crippen LogP contribution >= 0.6 is 11.3 Å². The van der Waals surface area contributed by atoms with Gasteiger partial charge in [0.25, 0.3) is 0 Å². The molecule has 4 rings (SSSR count). The van der Waals surface area contributed by atoms with Crippen LogP contribution in [0.1, 0.15) is 12.5 Å². The highest BCUT2D eigenvalue weighted by molar-refractivity contribution is 7.22. The number of nitrogens with zero attached hydrogens (tertiary/aromatic N) is 2. The highest BCUT2D eigenvalue weighted by atomic mass is 32.1. The Hall–Kier alpha value is -2.60. The fourth-order valence-electron chi connectivity index (χ4n) is 2.33. The predicted octanol–water partition coefficient (Wildman–Crippen LogP) is 4.33. The lowest BCUT2D eigenvalue weighted by Gasteiger charge is -1.92. The van der Waals surface area contributed by atoms with Crippen LogP contribution in [-0.4, -0.2) is 9.97 Å². The lowest BCUT2D eigenvalue weighted by atomic mass is 10.1. The Balaban J connectivity index is 1.69. The molecule has 2 aromatic heterocycles. The van der Waals surface area contributed by atoms with Gasteiger partial charge in [0.2, 0.25) is 0 Å². The molecule has 22 heavy (non-hydrogen) atoms. The van der Waals surface area contributed by atoms with Crippen molar-refractivity contribution < 1.29 is 4.42 Å². The Morgan fingerprint density at radius 2 is 2.05 bits per heavy atom. The third kappa shape index (κ3) is 2.27. The van der Waals surface area contributed by atoms with E-state index in [2.05, 4.69) is 28.3 Å². The van der Waals surface area contributed by atoms with E-state index in [1.54, 1.807) is 0 Å². The average molecular weight is 310 g/mol. The average Bonchev–Trinajstić information content (AvgIpc) is 3.08. The first-order chi connectivity index (χ1) is 10.7. The zero-order valence-electron chi connectivity index (χ0n) is 12.0. The van der Waals surface area contributed by atoms with E-state index in [0.717, 1.165) is 38.6 Å². The lowest BCUT2D eigenvalue weighted by Crippen LogP contribution is -1.88. The number of aromatic nitrogens is 2.